The van der Waals surface area contributed by atoms with Gasteiger partial charge in [-0.25, -0.2) is 0 Å². The topological polar surface area (TPSA) is 24.5 Å². The van der Waals surface area contributed by atoms with E-state index in [1.165, 1.54) is 37.3 Å². The lowest BCUT2D eigenvalue weighted by molar-refractivity contribution is 0.144. The number of anilines is 2. The number of hydrogen-bond donors (Lipinski definition) is 1. The van der Waals surface area contributed by atoms with Gasteiger partial charge in [-0.3, -0.25) is 0 Å². The highest BCUT2D eigenvalue weighted by Gasteiger charge is 2.11. The zero-order valence-electron chi connectivity index (χ0n) is 11.3. The molecule has 3 heteroatoms. The quantitative estimate of drug-likeness (QED) is 0.750. The van der Waals surface area contributed by atoms with Gasteiger partial charge in [-0.2, -0.15) is 0 Å². The van der Waals surface area contributed by atoms with E-state index in [9.17, 15) is 0 Å². The molecule has 0 aliphatic carbocycles. The SMILES string of the molecule is CCCOCCNc1ccc(N2CCCC2)cc1. The lowest BCUT2D eigenvalue weighted by atomic mass is 10.2. The molecule has 1 aliphatic heterocycles. The van der Waals surface area contributed by atoms with E-state index >= 15 is 0 Å². The third-order valence-electron chi connectivity index (χ3n) is 3.26. The van der Waals surface area contributed by atoms with Crippen molar-refractivity contribution in [2.45, 2.75) is 26.2 Å². The average Bonchev–Trinajstić information content (AvgIpc) is 2.93. The van der Waals surface area contributed by atoms with Crippen LogP contribution < -0.4 is 10.2 Å². The molecule has 1 aromatic rings. The minimum atomic E-state index is 0.779. The van der Waals surface area contributed by atoms with Crippen molar-refractivity contribution in [1.29, 1.82) is 0 Å². The summed E-state index contributed by atoms with van der Waals surface area (Å²) in [7, 11) is 0. The number of nitrogens with one attached hydrogen (secondary N) is 1. The highest BCUT2D eigenvalue weighted by atomic mass is 16.5. The van der Waals surface area contributed by atoms with Crippen LogP contribution in [0.15, 0.2) is 24.3 Å². The van der Waals surface area contributed by atoms with E-state index in [-0.39, 0.29) is 0 Å². The Hall–Kier alpha value is -1.22. The Labute approximate surface area is 110 Å². The van der Waals surface area contributed by atoms with E-state index in [2.05, 4.69) is 41.4 Å². The van der Waals surface area contributed by atoms with Gasteiger partial charge >= 0.3 is 0 Å². The predicted octanol–water partition coefficient (Wildman–Crippen LogP) is 3.13. The van der Waals surface area contributed by atoms with Crippen molar-refractivity contribution in [3.63, 3.8) is 0 Å². The molecule has 3 nitrogen and oxygen atoms in total. The molecule has 1 fully saturated rings. The molecule has 2 rings (SSSR count). The van der Waals surface area contributed by atoms with E-state index in [1.54, 1.807) is 0 Å². The highest BCUT2D eigenvalue weighted by molar-refractivity contribution is 5.55. The molecule has 0 radical (unpaired) electrons. The van der Waals surface area contributed by atoms with E-state index in [1.807, 2.05) is 0 Å². The fourth-order valence-electron chi connectivity index (χ4n) is 2.28. The zero-order chi connectivity index (χ0) is 12.6. The minimum absolute atomic E-state index is 0.779. The van der Waals surface area contributed by atoms with Gasteiger partial charge in [-0.15, -0.1) is 0 Å². The molecular weight excluding hydrogens is 224 g/mol. The first-order chi connectivity index (χ1) is 8.90. The Morgan fingerprint density at radius 2 is 1.83 bits per heavy atom. The van der Waals surface area contributed by atoms with Gasteiger partial charge in [0.1, 0.15) is 0 Å². The lowest BCUT2D eigenvalue weighted by Gasteiger charge is -2.18. The van der Waals surface area contributed by atoms with E-state index in [0.29, 0.717) is 0 Å². The molecule has 1 heterocycles. The Morgan fingerprint density at radius 3 is 2.50 bits per heavy atom. The van der Waals surface area contributed by atoms with Gasteiger partial charge in [0, 0.05) is 37.6 Å². The normalized spacial score (nSPS) is 15.1. The second-order valence-electron chi connectivity index (χ2n) is 4.78. The number of nitrogens with zero attached hydrogens (tertiary/aromatic N) is 1. The number of ether oxygens (including phenoxy) is 1. The lowest BCUT2D eigenvalue weighted by Crippen LogP contribution is -2.17. The van der Waals surface area contributed by atoms with E-state index in [0.717, 1.165) is 26.2 Å². The maximum absolute atomic E-state index is 5.44. The van der Waals surface area contributed by atoms with E-state index in [4.69, 9.17) is 4.74 Å². The monoisotopic (exact) mass is 248 g/mol. The van der Waals surface area contributed by atoms with Crippen LogP contribution in [-0.4, -0.2) is 32.8 Å². The van der Waals surface area contributed by atoms with Crippen LogP contribution in [0, 0.1) is 0 Å². The summed E-state index contributed by atoms with van der Waals surface area (Å²) in [4.78, 5) is 2.45. The van der Waals surface area contributed by atoms with Gasteiger partial charge in [-0.05, 0) is 43.5 Å². The molecule has 1 saturated heterocycles. The second kappa shape index (κ2) is 7.27. The van der Waals surface area contributed by atoms with Crippen LogP contribution in [0.4, 0.5) is 11.4 Å². The molecule has 100 valence electrons. The predicted molar refractivity (Wildman–Crippen MR) is 77.5 cm³/mol. The molecule has 0 aromatic heterocycles. The third kappa shape index (κ3) is 3.91. The highest BCUT2D eigenvalue weighted by Crippen LogP contribution is 2.21. The Kier molecular flexibility index (Phi) is 5.34. The summed E-state index contributed by atoms with van der Waals surface area (Å²) in [5.74, 6) is 0. The molecule has 0 bridgehead atoms. The van der Waals surface area contributed by atoms with Crippen molar-refractivity contribution < 1.29 is 4.74 Å². The van der Waals surface area contributed by atoms with Crippen molar-refractivity contribution in [3.05, 3.63) is 24.3 Å². The van der Waals surface area contributed by atoms with Crippen LogP contribution in [0.1, 0.15) is 26.2 Å². The maximum atomic E-state index is 5.44. The molecular formula is C15H24N2O. The molecule has 0 unspecified atom stereocenters. The van der Waals surface area contributed by atoms with Crippen LogP contribution in [0.3, 0.4) is 0 Å². The standard InChI is InChI=1S/C15H24N2O/c1-2-12-18-13-9-16-14-5-7-15(8-6-14)17-10-3-4-11-17/h5-8,16H,2-4,9-13H2,1H3. The Balaban J connectivity index is 1.73. The molecule has 1 aliphatic rings. The van der Waals surface area contributed by atoms with Gasteiger partial charge < -0.3 is 15.0 Å². The summed E-state index contributed by atoms with van der Waals surface area (Å²) in [5.41, 5.74) is 2.53. The van der Waals surface area contributed by atoms with Gasteiger partial charge in [0.05, 0.1) is 6.61 Å². The summed E-state index contributed by atoms with van der Waals surface area (Å²) in [6.45, 7) is 7.06. The molecule has 0 saturated carbocycles. The molecule has 0 amide bonds. The Morgan fingerprint density at radius 1 is 1.11 bits per heavy atom. The smallest absolute Gasteiger partial charge is 0.0639 e. The second-order valence-corrected chi connectivity index (χ2v) is 4.78. The minimum Gasteiger partial charge on any atom is -0.383 e. The first-order valence-corrected chi connectivity index (χ1v) is 7.07. The van der Waals surface area contributed by atoms with Crippen LogP contribution in [0.2, 0.25) is 0 Å². The number of benzene rings is 1. The molecule has 0 spiro atoms. The fraction of sp³-hybridized carbons (Fsp3) is 0.600. The summed E-state index contributed by atoms with van der Waals surface area (Å²) in [6.07, 6.45) is 3.74. The Bertz CT molecular complexity index is 331. The first kappa shape index (κ1) is 13.2. The van der Waals surface area contributed by atoms with Gasteiger partial charge in [0.15, 0.2) is 0 Å². The fourth-order valence-corrected chi connectivity index (χ4v) is 2.28. The van der Waals surface area contributed by atoms with E-state index < -0.39 is 0 Å². The zero-order valence-corrected chi connectivity index (χ0v) is 11.3. The molecule has 18 heavy (non-hydrogen) atoms. The van der Waals surface area contributed by atoms with Crippen molar-refractivity contribution in [2.24, 2.45) is 0 Å². The van der Waals surface area contributed by atoms with Crippen LogP contribution in [0.5, 0.6) is 0 Å². The van der Waals surface area contributed by atoms with Crippen molar-refractivity contribution in [2.75, 3.05) is 43.1 Å². The first-order valence-electron chi connectivity index (χ1n) is 7.07. The van der Waals surface area contributed by atoms with Crippen molar-refractivity contribution in [1.82, 2.24) is 0 Å². The van der Waals surface area contributed by atoms with Crippen LogP contribution in [-0.2, 0) is 4.74 Å². The number of rotatable bonds is 7. The van der Waals surface area contributed by atoms with Gasteiger partial charge in [0.2, 0.25) is 0 Å². The molecule has 1 N–H and O–H groups in total. The van der Waals surface area contributed by atoms with Gasteiger partial charge in [0.25, 0.3) is 0 Å². The molecule has 1 aromatic carbocycles. The number of hydrogen-bond acceptors (Lipinski definition) is 3. The van der Waals surface area contributed by atoms with Gasteiger partial charge in [-0.1, -0.05) is 6.92 Å². The summed E-state index contributed by atoms with van der Waals surface area (Å²) in [6, 6.07) is 8.74. The maximum Gasteiger partial charge on any atom is 0.0639 e. The summed E-state index contributed by atoms with van der Waals surface area (Å²) >= 11 is 0. The largest absolute Gasteiger partial charge is 0.383 e. The molecule has 0 atom stereocenters. The van der Waals surface area contributed by atoms with Crippen LogP contribution in [0.25, 0.3) is 0 Å². The van der Waals surface area contributed by atoms with Crippen molar-refractivity contribution in [3.8, 4) is 0 Å². The van der Waals surface area contributed by atoms with Crippen LogP contribution >= 0.6 is 0 Å². The average molecular weight is 248 g/mol. The summed E-state index contributed by atoms with van der Waals surface area (Å²) in [5, 5.41) is 3.38. The third-order valence-corrected chi connectivity index (χ3v) is 3.26. The van der Waals surface area contributed by atoms with Crippen molar-refractivity contribution >= 4 is 11.4 Å². The summed E-state index contributed by atoms with van der Waals surface area (Å²) < 4.78 is 5.44.